The first-order chi connectivity index (χ1) is 7.69. The highest BCUT2D eigenvalue weighted by Gasteiger charge is 2.22. The summed E-state index contributed by atoms with van der Waals surface area (Å²) in [5.74, 6) is -0.782. The summed E-state index contributed by atoms with van der Waals surface area (Å²) in [6, 6.07) is 0. The van der Waals surface area contributed by atoms with Gasteiger partial charge in [0.2, 0.25) is 0 Å². The third-order valence-corrected chi connectivity index (χ3v) is 1.73. The topological polar surface area (TPSA) is 70.1 Å². The first kappa shape index (κ1) is 13.4. The van der Waals surface area contributed by atoms with E-state index in [0.29, 0.717) is 0 Å². The van der Waals surface area contributed by atoms with Crippen molar-refractivity contribution in [3.8, 4) is 0 Å². The van der Waals surface area contributed by atoms with Gasteiger partial charge in [-0.15, -0.1) is 0 Å². The predicted octanol–water partition coefficient (Wildman–Crippen LogP) is 1.69. The van der Waals surface area contributed by atoms with Gasteiger partial charge in [0.15, 0.2) is 5.82 Å². The maximum absolute atomic E-state index is 12.1. The van der Waals surface area contributed by atoms with Crippen LogP contribution in [-0.2, 0) is 11.3 Å². The van der Waals surface area contributed by atoms with Gasteiger partial charge in [0.05, 0.1) is 0 Å². The number of halogens is 2. The summed E-state index contributed by atoms with van der Waals surface area (Å²) in [6.45, 7) is 4.49. The number of nitrogens with two attached hydrogens (primary N) is 1. The van der Waals surface area contributed by atoms with E-state index in [-0.39, 0.29) is 11.4 Å². The van der Waals surface area contributed by atoms with Gasteiger partial charge >= 0.3 is 5.97 Å². The molecular formula is C10H15F2N3O2. The Hall–Kier alpha value is -1.66. The molecule has 0 fully saturated rings. The summed E-state index contributed by atoms with van der Waals surface area (Å²) in [6.07, 6.45) is -1.39. The molecular weight excluding hydrogens is 232 g/mol. The molecule has 0 atom stereocenters. The zero-order valence-electron chi connectivity index (χ0n) is 9.91. The fourth-order valence-corrected chi connectivity index (χ4v) is 1.16. The minimum Gasteiger partial charge on any atom is -0.456 e. The molecule has 1 aromatic rings. The number of aromatic nitrogens is 2. The van der Waals surface area contributed by atoms with Crippen LogP contribution in [0.5, 0.6) is 0 Å². The molecule has 0 unspecified atom stereocenters. The predicted molar refractivity (Wildman–Crippen MR) is 57.8 cm³/mol. The molecule has 2 N–H and O–H groups in total. The highest BCUT2D eigenvalue weighted by molar-refractivity contribution is 5.94. The summed E-state index contributed by atoms with van der Waals surface area (Å²) in [5, 5.41) is 3.62. The fourth-order valence-electron chi connectivity index (χ4n) is 1.16. The standard InChI is InChI=1S/C10H15F2N3O2/c1-10(2,3)17-9(16)6-4-15(5-7(11)12)14-8(6)13/h4,7H,5H2,1-3H3,(H2,13,14). The highest BCUT2D eigenvalue weighted by atomic mass is 19.3. The summed E-state index contributed by atoms with van der Waals surface area (Å²) < 4.78 is 30.2. The molecule has 0 spiro atoms. The van der Waals surface area contributed by atoms with Crippen LogP contribution < -0.4 is 5.73 Å². The summed E-state index contributed by atoms with van der Waals surface area (Å²) in [5.41, 5.74) is 4.79. The molecule has 0 saturated carbocycles. The Balaban J connectivity index is 2.84. The molecule has 0 aromatic carbocycles. The zero-order chi connectivity index (χ0) is 13.2. The van der Waals surface area contributed by atoms with E-state index in [1.807, 2.05) is 0 Å². The number of hydrogen-bond acceptors (Lipinski definition) is 4. The van der Waals surface area contributed by atoms with Gasteiger partial charge in [-0.05, 0) is 20.8 Å². The molecule has 0 aliphatic rings. The second-order valence-corrected chi connectivity index (χ2v) is 4.54. The molecule has 0 aliphatic heterocycles. The van der Waals surface area contributed by atoms with Gasteiger partial charge in [-0.3, -0.25) is 4.68 Å². The average molecular weight is 247 g/mol. The molecule has 17 heavy (non-hydrogen) atoms. The maximum Gasteiger partial charge on any atom is 0.344 e. The minimum atomic E-state index is -2.55. The van der Waals surface area contributed by atoms with Crippen molar-refractivity contribution in [1.29, 1.82) is 0 Å². The van der Waals surface area contributed by atoms with Gasteiger partial charge in [-0.25, -0.2) is 13.6 Å². The molecule has 1 rings (SSSR count). The Morgan fingerprint density at radius 3 is 2.65 bits per heavy atom. The van der Waals surface area contributed by atoms with Crippen LogP contribution in [0.15, 0.2) is 6.20 Å². The Morgan fingerprint density at radius 2 is 2.18 bits per heavy atom. The molecule has 0 aliphatic carbocycles. The third-order valence-electron chi connectivity index (χ3n) is 1.73. The largest absolute Gasteiger partial charge is 0.456 e. The summed E-state index contributed by atoms with van der Waals surface area (Å²) >= 11 is 0. The van der Waals surface area contributed by atoms with Crippen molar-refractivity contribution < 1.29 is 18.3 Å². The Bertz CT molecular complexity index is 410. The van der Waals surface area contributed by atoms with E-state index < -0.39 is 24.5 Å². The molecule has 0 saturated heterocycles. The summed E-state index contributed by atoms with van der Waals surface area (Å²) in [4.78, 5) is 11.6. The van der Waals surface area contributed by atoms with Crippen LogP contribution in [-0.4, -0.2) is 27.8 Å². The first-order valence-electron chi connectivity index (χ1n) is 5.03. The van der Waals surface area contributed by atoms with Crippen LogP contribution in [0.4, 0.5) is 14.6 Å². The molecule has 7 heteroatoms. The Morgan fingerprint density at radius 1 is 1.59 bits per heavy atom. The smallest absolute Gasteiger partial charge is 0.344 e. The van der Waals surface area contributed by atoms with E-state index >= 15 is 0 Å². The number of hydrogen-bond donors (Lipinski definition) is 1. The number of anilines is 1. The van der Waals surface area contributed by atoms with Crippen molar-refractivity contribution in [2.24, 2.45) is 0 Å². The average Bonchev–Trinajstić information content (AvgIpc) is 2.42. The van der Waals surface area contributed by atoms with Crippen molar-refractivity contribution in [2.45, 2.75) is 39.3 Å². The van der Waals surface area contributed by atoms with Crippen molar-refractivity contribution >= 4 is 11.8 Å². The number of ether oxygens (including phenoxy) is 1. The molecule has 1 aromatic heterocycles. The van der Waals surface area contributed by atoms with Crippen LogP contribution in [0.25, 0.3) is 0 Å². The third kappa shape index (κ3) is 4.01. The zero-order valence-corrected chi connectivity index (χ0v) is 9.91. The lowest BCUT2D eigenvalue weighted by Crippen LogP contribution is -2.24. The van der Waals surface area contributed by atoms with E-state index in [1.54, 1.807) is 20.8 Å². The van der Waals surface area contributed by atoms with Gasteiger partial charge in [-0.1, -0.05) is 0 Å². The van der Waals surface area contributed by atoms with Crippen LogP contribution in [0.3, 0.4) is 0 Å². The highest BCUT2D eigenvalue weighted by Crippen LogP contribution is 2.16. The molecule has 0 amide bonds. The number of alkyl halides is 2. The number of esters is 1. The van der Waals surface area contributed by atoms with Crippen LogP contribution >= 0.6 is 0 Å². The van der Waals surface area contributed by atoms with E-state index in [2.05, 4.69) is 5.10 Å². The fraction of sp³-hybridized carbons (Fsp3) is 0.600. The van der Waals surface area contributed by atoms with Crippen molar-refractivity contribution in [1.82, 2.24) is 9.78 Å². The SMILES string of the molecule is CC(C)(C)OC(=O)c1cn(CC(F)F)nc1N. The van der Waals surface area contributed by atoms with Gasteiger partial charge in [0.25, 0.3) is 6.43 Å². The van der Waals surface area contributed by atoms with E-state index in [1.165, 1.54) is 0 Å². The van der Waals surface area contributed by atoms with Crippen LogP contribution in [0, 0.1) is 0 Å². The molecule has 5 nitrogen and oxygen atoms in total. The van der Waals surface area contributed by atoms with E-state index in [9.17, 15) is 13.6 Å². The van der Waals surface area contributed by atoms with Crippen LogP contribution in [0.1, 0.15) is 31.1 Å². The second kappa shape index (κ2) is 4.68. The van der Waals surface area contributed by atoms with Crippen molar-refractivity contribution in [3.05, 3.63) is 11.8 Å². The Kier molecular flexibility index (Phi) is 3.69. The number of carbonyl (C=O) groups is 1. The monoisotopic (exact) mass is 247 g/mol. The number of carbonyl (C=O) groups excluding carboxylic acids is 1. The normalized spacial score (nSPS) is 11.9. The molecule has 0 radical (unpaired) electrons. The van der Waals surface area contributed by atoms with Gasteiger partial charge < -0.3 is 10.5 Å². The van der Waals surface area contributed by atoms with Gasteiger partial charge in [-0.2, -0.15) is 5.10 Å². The van der Waals surface area contributed by atoms with Crippen LogP contribution in [0.2, 0.25) is 0 Å². The first-order valence-corrected chi connectivity index (χ1v) is 5.03. The lowest BCUT2D eigenvalue weighted by Gasteiger charge is -2.18. The minimum absolute atomic E-state index is 0.000532. The van der Waals surface area contributed by atoms with Gasteiger partial charge in [0, 0.05) is 6.20 Å². The van der Waals surface area contributed by atoms with Crippen molar-refractivity contribution in [2.75, 3.05) is 5.73 Å². The molecule has 0 bridgehead atoms. The number of rotatable bonds is 3. The van der Waals surface area contributed by atoms with E-state index in [4.69, 9.17) is 10.5 Å². The lowest BCUT2D eigenvalue weighted by atomic mass is 10.2. The molecule has 1 heterocycles. The molecule has 96 valence electrons. The van der Waals surface area contributed by atoms with Gasteiger partial charge in [0.1, 0.15) is 17.7 Å². The number of nitrogens with zero attached hydrogens (tertiary/aromatic N) is 2. The number of nitrogen functional groups attached to an aromatic ring is 1. The lowest BCUT2D eigenvalue weighted by molar-refractivity contribution is 0.00702. The summed E-state index contributed by atoms with van der Waals surface area (Å²) in [7, 11) is 0. The quantitative estimate of drug-likeness (QED) is 0.825. The second-order valence-electron chi connectivity index (χ2n) is 4.54. The van der Waals surface area contributed by atoms with E-state index in [0.717, 1.165) is 10.9 Å². The van der Waals surface area contributed by atoms with Crippen molar-refractivity contribution in [3.63, 3.8) is 0 Å². The maximum atomic E-state index is 12.1. The Labute approximate surface area is 97.5 Å².